The number of halogens is 1. The van der Waals surface area contributed by atoms with E-state index in [4.69, 9.17) is 11.6 Å². The van der Waals surface area contributed by atoms with E-state index < -0.39 is 11.8 Å². The second-order valence-corrected chi connectivity index (χ2v) is 6.10. The highest BCUT2D eigenvalue weighted by Gasteiger charge is 2.19. The number of carbonyl (C=O) groups excluding carboxylic acids is 2. The van der Waals surface area contributed by atoms with Crippen LogP contribution in [0.5, 0.6) is 0 Å². The molecule has 3 aromatic heterocycles. The van der Waals surface area contributed by atoms with Crippen LogP contribution >= 0.6 is 22.9 Å². The zero-order valence-electron chi connectivity index (χ0n) is 12.3. The molecule has 0 radical (unpaired) electrons. The third-order valence-corrected chi connectivity index (χ3v) is 4.50. The Morgan fingerprint density at radius 2 is 2.04 bits per heavy atom. The minimum atomic E-state index is -0.544. The van der Waals surface area contributed by atoms with Crippen molar-refractivity contribution in [3.63, 3.8) is 0 Å². The summed E-state index contributed by atoms with van der Waals surface area (Å²) < 4.78 is 1.59. The van der Waals surface area contributed by atoms with Crippen LogP contribution in [0.3, 0.4) is 0 Å². The highest BCUT2D eigenvalue weighted by Crippen LogP contribution is 2.27. The van der Waals surface area contributed by atoms with Gasteiger partial charge >= 0.3 is 0 Å². The SMILES string of the molecule is Cc1nn(C)c2ncc(C(=O)NNC(=O)c3cccs3)c(Cl)c12. The monoisotopic (exact) mass is 349 g/mol. The summed E-state index contributed by atoms with van der Waals surface area (Å²) in [6, 6.07) is 3.41. The maximum absolute atomic E-state index is 12.2. The number of aromatic nitrogens is 3. The van der Waals surface area contributed by atoms with Gasteiger partial charge in [-0.15, -0.1) is 11.3 Å². The first-order chi connectivity index (χ1) is 11.0. The fourth-order valence-electron chi connectivity index (χ4n) is 2.18. The topological polar surface area (TPSA) is 88.9 Å². The Kier molecular flexibility index (Phi) is 4.01. The van der Waals surface area contributed by atoms with Crippen molar-refractivity contribution < 1.29 is 9.59 Å². The van der Waals surface area contributed by atoms with Crippen LogP contribution in [-0.2, 0) is 7.05 Å². The molecule has 118 valence electrons. The van der Waals surface area contributed by atoms with Crippen LogP contribution in [0, 0.1) is 6.92 Å². The summed E-state index contributed by atoms with van der Waals surface area (Å²) in [5, 5.41) is 6.87. The standard InChI is InChI=1S/C14H12ClN5O2S/c1-7-10-11(15)8(6-16-12(10)20(2)19-7)13(21)17-18-14(22)9-4-3-5-23-9/h3-6H,1-2H3,(H,17,21)(H,18,22). The summed E-state index contributed by atoms with van der Waals surface area (Å²) in [5.74, 6) is -0.936. The first kappa shape index (κ1) is 15.4. The molecule has 0 unspecified atom stereocenters. The molecule has 0 spiro atoms. The van der Waals surface area contributed by atoms with Crippen molar-refractivity contribution in [2.75, 3.05) is 0 Å². The average Bonchev–Trinajstić information content (AvgIpc) is 3.14. The molecule has 3 heterocycles. The number of fused-ring (bicyclic) bond motifs is 1. The molecule has 23 heavy (non-hydrogen) atoms. The number of hydrogen-bond donors (Lipinski definition) is 2. The van der Waals surface area contributed by atoms with Gasteiger partial charge < -0.3 is 0 Å². The van der Waals surface area contributed by atoms with Crippen LogP contribution in [-0.4, -0.2) is 26.6 Å². The van der Waals surface area contributed by atoms with Gasteiger partial charge in [-0.25, -0.2) is 4.98 Å². The number of nitrogens with one attached hydrogen (secondary N) is 2. The molecule has 7 nitrogen and oxygen atoms in total. The second-order valence-electron chi connectivity index (χ2n) is 4.78. The largest absolute Gasteiger partial charge is 0.279 e. The van der Waals surface area contributed by atoms with Gasteiger partial charge in [-0.05, 0) is 18.4 Å². The minimum absolute atomic E-state index is 0.168. The van der Waals surface area contributed by atoms with Crippen molar-refractivity contribution in [1.82, 2.24) is 25.6 Å². The molecular formula is C14H12ClN5O2S. The maximum Gasteiger partial charge on any atom is 0.279 e. The number of hydrogen-bond acceptors (Lipinski definition) is 5. The maximum atomic E-state index is 12.2. The summed E-state index contributed by atoms with van der Waals surface area (Å²) in [6.07, 6.45) is 1.36. The molecule has 0 bridgehead atoms. The van der Waals surface area contributed by atoms with Crippen molar-refractivity contribution in [2.45, 2.75) is 6.92 Å². The molecule has 3 aromatic rings. The van der Waals surface area contributed by atoms with Crippen LogP contribution in [0.2, 0.25) is 5.02 Å². The molecule has 0 aliphatic rings. The highest BCUT2D eigenvalue weighted by atomic mass is 35.5. The second kappa shape index (κ2) is 5.98. The summed E-state index contributed by atoms with van der Waals surface area (Å²) in [4.78, 5) is 28.7. The lowest BCUT2D eigenvalue weighted by molar-refractivity contribution is 0.0849. The smallest absolute Gasteiger partial charge is 0.267 e. The summed E-state index contributed by atoms with van der Waals surface area (Å²) >= 11 is 7.58. The van der Waals surface area contributed by atoms with Crippen molar-refractivity contribution in [1.29, 1.82) is 0 Å². The van der Waals surface area contributed by atoms with Crippen LogP contribution in [0.25, 0.3) is 11.0 Å². The van der Waals surface area contributed by atoms with E-state index in [2.05, 4.69) is 20.9 Å². The molecule has 0 saturated heterocycles. The van der Waals surface area contributed by atoms with Gasteiger partial charge in [0.05, 0.1) is 26.5 Å². The number of amides is 2. The van der Waals surface area contributed by atoms with E-state index in [1.807, 2.05) is 0 Å². The number of rotatable bonds is 2. The van der Waals surface area contributed by atoms with Gasteiger partial charge in [-0.2, -0.15) is 5.10 Å². The number of aryl methyl sites for hydroxylation is 2. The Bertz CT molecular complexity index is 904. The summed E-state index contributed by atoms with van der Waals surface area (Å²) in [7, 11) is 1.75. The Hall–Kier alpha value is -2.45. The van der Waals surface area contributed by atoms with E-state index in [1.165, 1.54) is 17.5 Å². The molecule has 2 N–H and O–H groups in total. The number of carbonyl (C=O) groups is 2. The van der Waals surface area contributed by atoms with E-state index in [9.17, 15) is 9.59 Å². The van der Waals surface area contributed by atoms with E-state index in [0.29, 0.717) is 21.6 Å². The van der Waals surface area contributed by atoms with Gasteiger partial charge in [0.25, 0.3) is 11.8 Å². The predicted octanol–water partition coefficient (Wildman–Crippen LogP) is 2.07. The molecule has 0 atom stereocenters. The Morgan fingerprint density at radius 3 is 2.74 bits per heavy atom. The summed E-state index contributed by atoms with van der Waals surface area (Å²) in [5.41, 5.74) is 6.11. The lowest BCUT2D eigenvalue weighted by atomic mass is 10.2. The van der Waals surface area contributed by atoms with Crippen molar-refractivity contribution >= 4 is 45.8 Å². The van der Waals surface area contributed by atoms with E-state index in [1.54, 1.807) is 36.2 Å². The van der Waals surface area contributed by atoms with E-state index in [-0.39, 0.29) is 10.6 Å². The van der Waals surface area contributed by atoms with Crippen LogP contribution in [0.15, 0.2) is 23.7 Å². The molecule has 0 aliphatic heterocycles. The summed E-state index contributed by atoms with van der Waals surface area (Å²) in [6.45, 7) is 1.79. The Labute approximate surface area is 140 Å². The molecule has 0 fully saturated rings. The number of hydrazine groups is 1. The van der Waals surface area contributed by atoms with Crippen molar-refractivity contribution in [3.8, 4) is 0 Å². The van der Waals surface area contributed by atoms with Gasteiger partial charge in [0.15, 0.2) is 5.65 Å². The zero-order valence-corrected chi connectivity index (χ0v) is 13.8. The van der Waals surface area contributed by atoms with Gasteiger partial charge in [0, 0.05) is 13.2 Å². The first-order valence-electron chi connectivity index (χ1n) is 6.61. The molecule has 0 saturated carbocycles. The molecule has 0 aliphatic carbocycles. The fourth-order valence-corrected chi connectivity index (χ4v) is 3.15. The molecular weight excluding hydrogens is 338 g/mol. The van der Waals surface area contributed by atoms with Gasteiger partial charge in [0.2, 0.25) is 0 Å². The molecule has 0 aromatic carbocycles. The highest BCUT2D eigenvalue weighted by molar-refractivity contribution is 7.12. The number of thiophene rings is 1. The third kappa shape index (κ3) is 2.78. The van der Waals surface area contributed by atoms with Crippen LogP contribution in [0.4, 0.5) is 0 Å². The quantitative estimate of drug-likeness (QED) is 0.693. The number of nitrogens with zero attached hydrogens (tertiary/aromatic N) is 3. The minimum Gasteiger partial charge on any atom is -0.267 e. The van der Waals surface area contributed by atoms with Gasteiger partial charge in [0.1, 0.15) is 0 Å². The fraction of sp³-hybridized carbons (Fsp3) is 0.143. The lowest BCUT2D eigenvalue weighted by Gasteiger charge is -2.08. The molecule has 9 heteroatoms. The predicted molar refractivity (Wildman–Crippen MR) is 87.5 cm³/mol. The normalized spacial score (nSPS) is 10.7. The van der Waals surface area contributed by atoms with Crippen molar-refractivity contribution in [3.05, 3.63) is 44.9 Å². The average molecular weight is 350 g/mol. The van der Waals surface area contributed by atoms with Gasteiger partial charge in [-0.3, -0.25) is 25.1 Å². The van der Waals surface area contributed by atoms with E-state index in [0.717, 1.165) is 0 Å². The van der Waals surface area contributed by atoms with Crippen molar-refractivity contribution in [2.24, 2.45) is 7.05 Å². The zero-order chi connectivity index (χ0) is 16.6. The molecule has 3 rings (SSSR count). The Morgan fingerprint density at radius 1 is 1.30 bits per heavy atom. The Balaban J connectivity index is 1.82. The lowest BCUT2D eigenvalue weighted by Crippen LogP contribution is -2.41. The van der Waals surface area contributed by atoms with Crippen LogP contribution in [0.1, 0.15) is 25.7 Å². The third-order valence-electron chi connectivity index (χ3n) is 3.24. The number of pyridine rings is 1. The first-order valence-corrected chi connectivity index (χ1v) is 7.86. The molecule has 2 amide bonds. The van der Waals surface area contributed by atoms with Gasteiger partial charge in [-0.1, -0.05) is 17.7 Å². The van der Waals surface area contributed by atoms with E-state index >= 15 is 0 Å². The van der Waals surface area contributed by atoms with Crippen LogP contribution < -0.4 is 10.9 Å².